The molecule has 0 aliphatic carbocycles. The molecule has 3 N–H and O–H groups in total. The molecule has 6 nitrogen and oxygen atoms in total. The van der Waals surface area contributed by atoms with Crippen molar-refractivity contribution >= 4 is 17.7 Å². The summed E-state index contributed by atoms with van der Waals surface area (Å²) < 4.78 is 0. The highest BCUT2D eigenvalue weighted by atomic mass is 16.4. The van der Waals surface area contributed by atoms with Crippen LogP contribution in [0.25, 0.3) is 0 Å². The van der Waals surface area contributed by atoms with Crippen molar-refractivity contribution in [3.8, 4) is 0 Å². The highest BCUT2D eigenvalue weighted by Gasteiger charge is 2.21. The molecule has 2 amide bonds. The van der Waals surface area contributed by atoms with Gasteiger partial charge in [-0.05, 0) is 19.1 Å². The van der Waals surface area contributed by atoms with Crippen molar-refractivity contribution in [2.24, 2.45) is 5.73 Å². The Bertz CT molecular complexity index is 380. The number of carboxylic acids is 1. The number of anilines is 1. The molecule has 0 saturated heterocycles. The molecule has 1 unspecified atom stereocenters. The van der Waals surface area contributed by atoms with E-state index in [0.717, 1.165) is 0 Å². The second-order valence-corrected chi connectivity index (χ2v) is 3.37. The van der Waals surface area contributed by atoms with E-state index in [4.69, 9.17) is 10.8 Å². The highest BCUT2D eigenvalue weighted by Crippen LogP contribution is 2.16. The molecule has 0 bridgehead atoms. The lowest BCUT2D eigenvalue weighted by atomic mass is 10.2. The average molecular weight is 223 g/mol. The number of aliphatic carboxylic acids is 1. The number of carbonyl (C=O) groups is 2. The molecule has 0 spiro atoms. The third-order valence-corrected chi connectivity index (χ3v) is 2.07. The van der Waals surface area contributed by atoms with Crippen LogP contribution in [0.4, 0.5) is 10.5 Å². The van der Waals surface area contributed by atoms with E-state index in [2.05, 4.69) is 4.98 Å². The molecule has 0 aromatic carbocycles. The molecule has 0 aliphatic heterocycles. The first kappa shape index (κ1) is 12.0. The van der Waals surface area contributed by atoms with E-state index in [0.29, 0.717) is 5.69 Å². The molecule has 0 fully saturated rings. The molecule has 86 valence electrons. The Morgan fingerprint density at radius 3 is 2.75 bits per heavy atom. The van der Waals surface area contributed by atoms with Crippen LogP contribution in [0.2, 0.25) is 0 Å². The number of primary amides is 1. The summed E-state index contributed by atoms with van der Waals surface area (Å²) in [7, 11) is 0. The number of pyridine rings is 1. The van der Waals surface area contributed by atoms with Crippen molar-refractivity contribution < 1.29 is 14.7 Å². The van der Waals surface area contributed by atoms with Gasteiger partial charge < -0.3 is 10.8 Å². The number of carboxylic acid groups (broad SMARTS) is 1. The summed E-state index contributed by atoms with van der Waals surface area (Å²) in [5.74, 6) is -0.984. The van der Waals surface area contributed by atoms with Crippen LogP contribution in [-0.2, 0) is 4.79 Å². The number of rotatable bonds is 4. The van der Waals surface area contributed by atoms with E-state index in [1.165, 1.54) is 11.1 Å². The highest BCUT2D eigenvalue weighted by molar-refractivity contribution is 5.91. The van der Waals surface area contributed by atoms with Crippen molar-refractivity contribution in [1.29, 1.82) is 0 Å². The summed E-state index contributed by atoms with van der Waals surface area (Å²) in [4.78, 5) is 26.9. The standard InChI is InChI=1S/C10H13N3O3/c1-7(5-9(14)15)13(10(11)16)8-3-2-4-12-6-8/h2-4,6-7H,5H2,1H3,(H2,11,16)(H,14,15). The number of amides is 2. The van der Waals surface area contributed by atoms with E-state index < -0.39 is 18.0 Å². The fraction of sp³-hybridized carbons (Fsp3) is 0.300. The lowest BCUT2D eigenvalue weighted by Gasteiger charge is -2.25. The maximum absolute atomic E-state index is 11.3. The van der Waals surface area contributed by atoms with Gasteiger partial charge in [-0.1, -0.05) is 0 Å². The van der Waals surface area contributed by atoms with Crippen LogP contribution in [0.5, 0.6) is 0 Å². The zero-order valence-electron chi connectivity index (χ0n) is 8.83. The summed E-state index contributed by atoms with van der Waals surface area (Å²) in [6, 6.07) is 2.09. The van der Waals surface area contributed by atoms with E-state index >= 15 is 0 Å². The van der Waals surface area contributed by atoms with Crippen molar-refractivity contribution in [3.05, 3.63) is 24.5 Å². The van der Waals surface area contributed by atoms with Gasteiger partial charge in [0.2, 0.25) is 0 Å². The normalized spacial score (nSPS) is 11.8. The van der Waals surface area contributed by atoms with Gasteiger partial charge in [-0.25, -0.2) is 4.79 Å². The molecule has 0 aliphatic rings. The zero-order valence-corrected chi connectivity index (χ0v) is 8.83. The second kappa shape index (κ2) is 5.11. The van der Waals surface area contributed by atoms with E-state index in [1.807, 2.05) is 0 Å². The van der Waals surface area contributed by atoms with Gasteiger partial charge in [0.1, 0.15) is 0 Å². The lowest BCUT2D eigenvalue weighted by molar-refractivity contribution is -0.137. The molecule has 0 radical (unpaired) electrons. The number of aromatic nitrogens is 1. The van der Waals surface area contributed by atoms with Crippen LogP contribution < -0.4 is 10.6 Å². The van der Waals surface area contributed by atoms with Crippen molar-refractivity contribution in [2.45, 2.75) is 19.4 Å². The Hall–Kier alpha value is -2.11. The average Bonchev–Trinajstić information content (AvgIpc) is 2.17. The second-order valence-electron chi connectivity index (χ2n) is 3.37. The first-order valence-electron chi connectivity index (χ1n) is 4.73. The molecule has 16 heavy (non-hydrogen) atoms. The molecule has 1 rings (SSSR count). The molecule has 1 heterocycles. The summed E-state index contributed by atoms with van der Waals surface area (Å²) in [6.45, 7) is 1.62. The summed E-state index contributed by atoms with van der Waals surface area (Å²) in [5.41, 5.74) is 5.70. The number of urea groups is 1. The monoisotopic (exact) mass is 223 g/mol. The molecule has 1 aromatic heterocycles. The van der Waals surface area contributed by atoms with Gasteiger partial charge in [0.15, 0.2) is 0 Å². The Morgan fingerprint density at radius 1 is 1.62 bits per heavy atom. The number of nitrogens with two attached hydrogens (primary N) is 1. The fourth-order valence-electron chi connectivity index (χ4n) is 1.44. The molecule has 0 saturated carbocycles. The van der Waals surface area contributed by atoms with Crippen LogP contribution in [0.15, 0.2) is 24.5 Å². The van der Waals surface area contributed by atoms with Gasteiger partial charge >= 0.3 is 12.0 Å². The minimum absolute atomic E-state index is 0.169. The Morgan fingerprint density at radius 2 is 2.31 bits per heavy atom. The van der Waals surface area contributed by atoms with Gasteiger partial charge in [-0.3, -0.25) is 14.7 Å². The molecular formula is C10H13N3O3. The summed E-state index contributed by atoms with van der Waals surface area (Å²) in [6.07, 6.45) is 2.85. The quantitative estimate of drug-likeness (QED) is 0.790. The Kier molecular flexibility index (Phi) is 3.82. The SMILES string of the molecule is CC(CC(=O)O)N(C(N)=O)c1cccnc1. The van der Waals surface area contributed by atoms with Crippen LogP contribution in [0, 0.1) is 0 Å². The minimum atomic E-state index is -0.984. The molecule has 1 aromatic rings. The smallest absolute Gasteiger partial charge is 0.319 e. The van der Waals surface area contributed by atoms with Gasteiger partial charge in [-0.2, -0.15) is 0 Å². The minimum Gasteiger partial charge on any atom is -0.481 e. The van der Waals surface area contributed by atoms with Gasteiger partial charge in [0, 0.05) is 12.2 Å². The van der Waals surface area contributed by atoms with Crippen LogP contribution in [0.3, 0.4) is 0 Å². The predicted molar refractivity (Wildman–Crippen MR) is 58.0 cm³/mol. The van der Waals surface area contributed by atoms with Crippen LogP contribution >= 0.6 is 0 Å². The van der Waals surface area contributed by atoms with E-state index in [1.54, 1.807) is 25.3 Å². The topological polar surface area (TPSA) is 96.5 Å². The number of hydrogen-bond donors (Lipinski definition) is 2. The first-order valence-corrected chi connectivity index (χ1v) is 4.73. The molecule has 6 heteroatoms. The summed E-state index contributed by atoms with van der Waals surface area (Å²) >= 11 is 0. The maximum Gasteiger partial charge on any atom is 0.319 e. The Labute approximate surface area is 92.7 Å². The zero-order chi connectivity index (χ0) is 12.1. The number of hydrogen-bond acceptors (Lipinski definition) is 3. The lowest BCUT2D eigenvalue weighted by Crippen LogP contribution is -2.43. The van der Waals surface area contributed by atoms with Gasteiger partial charge in [0.25, 0.3) is 0 Å². The maximum atomic E-state index is 11.3. The van der Waals surface area contributed by atoms with E-state index in [-0.39, 0.29) is 6.42 Å². The van der Waals surface area contributed by atoms with Crippen molar-refractivity contribution in [3.63, 3.8) is 0 Å². The van der Waals surface area contributed by atoms with Crippen molar-refractivity contribution in [2.75, 3.05) is 4.90 Å². The van der Waals surface area contributed by atoms with Crippen LogP contribution in [0.1, 0.15) is 13.3 Å². The van der Waals surface area contributed by atoms with Gasteiger partial charge in [-0.15, -0.1) is 0 Å². The third kappa shape index (κ3) is 2.94. The number of nitrogens with zero attached hydrogens (tertiary/aromatic N) is 2. The predicted octanol–water partition coefficient (Wildman–Crippen LogP) is 0.830. The van der Waals surface area contributed by atoms with E-state index in [9.17, 15) is 9.59 Å². The Balaban J connectivity index is 2.92. The third-order valence-electron chi connectivity index (χ3n) is 2.07. The molecule has 1 atom stereocenters. The number of carbonyl (C=O) groups excluding carboxylic acids is 1. The first-order chi connectivity index (χ1) is 7.52. The molecular weight excluding hydrogens is 210 g/mol. The fourth-order valence-corrected chi connectivity index (χ4v) is 1.44. The summed E-state index contributed by atoms with van der Waals surface area (Å²) in [5, 5.41) is 8.67. The van der Waals surface area contributed by atoms with Crippen molar-refractivity contribution in [1.82, 2.24) is 4.98 Å². The van der Waals surface area contributed by atoms with Gasteiger partial charge in [0.05, 0.1) is 18.3 Å². The van der Waals surface area contributed by atoms with Crippen LogP contribution in [-0.4, -0.2) is 28.1 Å². The largest absolute Gasteiger partial charge is 0.481 e.